The molecule has 2 aromatic rings. The van der Waals surface area contributed by atoms with Crippen molar-refractivity contribution >= 4 is 38.7 Å². The van der Waals surface area contributed by atoms with Crippen LogP contribution in [-0.2, 0) is 4.79 Å². The fraction of sp³-hybridized carbons (Fsp3) is 0.312. The van der Waals surface area contributed by atoms with Crippen LogP contribution in [0.4, 0.5) is 0 Å². The first-order chi connectivity index (χ1) is 10.4. The molecule has 1 atom stereocenters. The number of amides is 1. The van der Waals surface area contributed by atoms with Crippen molar-refractivity contribution in [3.63, 3.8) is 0 Å². The van der Waals surface area contributed by atoms with Crippen LogP contribution in [0.3, 0.4) is 0 Å². The van der Waals surface area contributed by atoms with Crippen LogP contribution in [0.2, 0.25) is 0 Å². The smallest absolute Gasteiger partial charge is 0.303 e. The molecular weight excluding hydrogens is 348 g/mol. The molecule has 0 radical (unpaired) electrons. The highest BCUT2D eigenvalue weighted by molar-refractivity contribution is 9.10. The van der Waals surface area contributed by atoms with Crippen LogP contribution in [0.15, 0.2) is 28.7 Å². The third-order valence-electron chi connectivity index (χ3n) is 3.31. The topological polar surface area (TPSA) is 79.3 Å². The van der Waals surface area contributed by atoms with E-state index >= 15 is 0 Å². The third-order valence-corrected chi connectivity index (χ3v) is 3.81. The fourth-order valence-electron chi connectivity index (χ4n) is 2.23. The summed E-state index contributed by atoms with van der Waals surface area (Å²) in [5, 5.41) is 12.3. The first-order valence-electron chi connectivity index (χ1n) is 6.96. The molecule has 0 saturated heterocycles. The summed E-state index contributed by atoms with van der Waals surface area (Å²) in [4.78, 5) is 27.5. The van der Waals surface area contributed by atoms with Gasteiger partial charge in [0.05, 0.1) is 11.1 Å². The second-order valence-corrected chi connectivity index (χ2v) is 6.20. The molecule has 0 aliphatic rings. The highest BCUT2D eigenvalue weighted by Crippen LogP contribution is 2.23. The zero-order valence-electron chi connectivity index (χ0n) is 12.4. The van der Waals surface area contributed by atoms with Crippen LogP contribution in [-0.4, -0.2) is 28.0 Å². The summed E-state index contributed by atoms with van der Waals surface area (Å²) in [6, 6.07) is 7.13. The number of aromatic nitrogens is 1. The van der Waals surface area contributed by atoms with Gasteiger partial charge in [-0.1, -0.05) is 15.9 Å². The number of carbonyl (C=O) groups excluding carboxylic acids is 1. The summed E-state index contributed by atoms with van der Waals surface area (Å²) in [5.74, 6) is -1.08. The molecule has 1 heterocycles. The van der Waals surface area contributed by atoms with E-state index in [9.17, 15) is 9.59 Å². The number of nitrogens with zero attached hydrogens (tertiary/aromatic N) is 1. The molecule has 22 heavy (non-hydrogen) atoms. The van der Waals surface area contributed by atoms with Gasteiger partial charge in [-0.15, -0.1) is 0 Å². The standard InChI is InChI=1S/C16H17BrN2O3/c1-9(3-6-15(20)21)19-16(22)13-7-10(2)18-14-5-4-11(17)8-12(13)14/h4-5,7-9H,3,6H2,1-2H3,(H,19,22)(H,20,21). The van der Waals surface area contributed by atoms with Gasteiger partial charge in [0.2, 0.25) is 0 Å². The molecule has 1 amide bonds. The molecule has 0 fully saturated rings. The van der Waals surface area contributed by atoms with Gasteiger partial charge in [0, 0.05) is 28.0 Å². The molecule has 0 bridgehead atoms. The van der Waals surface area contributed by atoms with Crippen molar-refractivity contribution in [1.29, 1.82) is 0 Å². The van der Waals surface area contributed by atoms with Gasteiger partial charge in [-0.3, -0.25) is 14.6 Å². The number of hydrogen-bond acceptors (Lipinski definition) is 3. The van der Waals surface area contributed by atoms with E-state index in [0.29, 0.717) is 12.0 Å². The summed E-state index contributed by atoms with van der Waals surface area (Å²) in [7, 11) is 0. The predicted octanol–water partition coefficient (Wildman–Crippen LogP) is 3.29. The summed E-state index contributed by atoms with van der Waals surface area (Å²) >= 11 is 3.40. The molecule has 0 spiro atoms. The van der Waals surface area contributed by atoms with Crippen molar-refractivity contribution in [3.05, 3.63) is 40.0 Å². The molecular formula is C16H17BrN2O3. The van der Waals surface area contributed by atoms with Gasteiger partial charge in [0.25, 0.3) is 5.91 Å². The molecule has 6 heteroatoms. The van der Waals surface area contributed by atoms with E-state index in [2.05, 4.69) is 26.2 Å². The fourth-order valence-corrected chi connectivity index (χ4v) is 2.59. The number of carboxylic acids is 1. The minimum absolute atomic E-state index is 0.0309. The lowest BCUT2D eigenvalue weighted by Crippen LogP contribution is -2.33. The lowest BCUT2D eigenvalue weighted by molar-refractivity contribution is -0.137. The van der Waals surface area contributed by atoms with Gasteiger partial charge in [0.15, 0.2) is 0 Å². The number of halogens is 1. The minimum Gasteiger partial charge on any atom is -0.481 e. The largest absolute Gasteiger partial charge is 0.481 e. The maximum Gasteiger partial charge on any atom is 0.303 e. The molecule has 1 aromatic heterocycles. The summed E-state index contributed by atoms with van der Waals surface area (Å²) in [6.07, 6.45) is 0.426. The van der Waals surface area contributed by atoms with E-state index in [4.69, 9.17) is 5.11 Å². The number of pyridine rings is 1. The number of benzene rings is 1. The van der Waals surface area contributed by atoms with E-state index < -0.39 is 5.97 Å². The van der Waals surface area contributed by atoms with Crippen LogP contribution in [0.5, 0.6) is 0 Å². The molecule has 0 saturated carbocycles. The minimum atomic E-state index is -0.866. The number of nitrogens with one attached hydrogen (secondary N) is 1. The van der Waals surface area contributed by atoms with Gasteiger partial charge < -0.3 is 10.4 Å². The van der Waals surface area contributed by atoms with Gasteiger partial charge in [-0.05, 0) is 44.5 Å². The molecule has 116 valence electrons. The third kappa shape index (κ3) is 4.04. The number of fused-ring (bicyclic) bond motifs is 1. The van der Waals surface area contributed by atoms with E-state index in [1.807, 2.05) is 25.1 Å². The molecule has 2 N–H and O–H groups in total. The zero-order valence-corrected chi connectivity index (χ0v) is 14.0. The van der Waals surface area contributed by atoms with Crippen LogP contribution in [0, 0.1) is 6.92 Å². The van der Waals surface area contributed by atoms with Gasteiger partial charge in [-0.2, -0.15) is 0 Å². The Morgan fingerprint density at radius 2 is 2.09 bits per heavy atom. The van der Waals surface area contributed by atoms with E-state index in [1.165, 1.54) is 0 Å². The van der Waals surface area contributed by atoms with Crippen LogP contribution in [0.25, 0.3) is 10.9 Å². The molecule has 1 aromatic carbocycles. The Labute approximate surface area is 136 Å². The number of carbonyl (C=O) groups is 2. The Balaban J connectivity index is 2.27. The van der Waals surface area contributed by atoms with Crippen LogP contribution >= 0.6 is 15.9 Å². The monoisotopic (exact) mass is 364 g/mol. The Bertz CT molecular complexity index is 731. The first-order valence-corrected chi connectivity index (χ1v) is 7.75. The van der Waals surface area contributed by atoms with Crippen molar-refractivity contribution in [2.75, 3.05) is 0 Å². The summed E-state index contributed by atoms with van der Waals surface area (Å²) in [5.41, 5.74) is 2.07. The highest BCUT2D eigenvalue weighted by Gasteiger charge is 2.15. The van der Waals surface area contributed by atoms with Crippen molar-refractivity contribution < 1.29 is 14.7 Å². The first kappa shape index (κ1) is 16.4. The highest BCUT2D eigenvalue weighted by atomic mass is 79.9. The van der Waals surface area contributed by atoms with Crippen molar-refractivity contribution in [2.45, 2.75) is 32.7 Å². The van der Waals surface area contributed by atoms with Gasteiger partial charge >= 0.3 is 5.97 Å². The maximum absolute atomic E-state index is 12.5. The average molecular weight is 365 g/mol. The summed E-state index contributed by atoms with van der Waals surface area (Å²) < 4.78 is 0.874. The zero-order chi connectivity index (χ0) is 16.3. The Morgan fingerprint density at radius 3 is 2.77 bits per heavy atom. The second-order valence-electron chi connectivity index (χ2n) is 5.28. The van der Waals surface area contributed by atoms with Gasteiger partial charge in [-0.25, -0.2) is 0 Å². The van der Waals surface area contributed by atoms with Crippen molar-refractivity contribution in [3.8, 4) is 0 Å². The number of hydrogen-bond donors (Lipinski definition) is 2. The quantitative estimate of drug-likeness (QED) is 0.852. The molecule has 0 aliphatic carbocycles. The Hall–Kier alpha value is -1.95. The lowest BCUT2D eigenvalue weighted by atomic mass is 10.1. The second kappa shape index (κ2) is 6.87. The molecule has 1 unspecified atom stereocenters. The van der Waals surface area contributed by atoms with Crippen LogP contribution < -0.4 is 5.32 Å². The average Bonchev–Trinajstić information content (AvgIpc) is 2.44. The van der Waals surface area contributed by atoms with Gasteiger partial charge in [0.1, 0.15) is 0 Å². The molecule has 2 rings (SSSR count). The molecule has 0 aliphatic heterocycles. The Morgan fingerprint density at radius 1 is 1.36 bits per heavy atom. The SMILES string of the molecule is Cc1cc(C(=O)NC(C)CCC(=O)O)c2cc(Br)ccc2n1. The molecule has 5 nitrogen and oxygen atoms in total. The Kier molecular flexibility index (Phi) is 5.13. The summed E-state index contributed by atoms with van der Waals surface area (Å²) in [6.45, 7) is 3.64. The van der Waals surface area contributed by atoms with E-state index in [-0.39, 0.29) is 18.4 Å². The van der Waals surface area contributed by atoms with Crippen LogP contribution in [0.1, 0.15) is 35.8 Å². The number of aryl methyl sites for hydroxylation is 1. The van der Waals surface area contributed by atoms with E-state index in [1.54, 1.807) is 13.0 Å². The van der Waals surface area contributed by atoms with Crippen molar-refractivity contribution in [1.82, 2.24) is 10.3 Å². The number of aliphatic carboxylic acids is 1. The van der Waals surface area contributed by atoms with Crippen molar-refractivity contribution in [2.24, 2.45) is 0 Å². The predicted molar refractivity (Wildman–Crippen MR) is 88.0 cm³/mol. The number of rotatable bonds is 5. The number of carboxylic acid groups (broad SMARTS) is 1. The van der Waals surface area contributed by atoms with E-state index in [0.717, 1.165) is 21.1 Å². The lowest BCUT2D eigenvalue weighted by Gasteiger charge is -2.14. The maximum atomic E-state index is 12.5. The normalized spacial score (nSPS) is 12.1.